The number of nitrogens with one attached hydrogen (secondary N) is 2. The molecule has 1 saturated carbocycles. The molecule has 3 aromatic rings. The van der Waals surface area contributed by atoms with E-state index in [1.54, 1.807) is 22.9 Å². The molecule has 1 aliphatic rings. The van der Waals surface area contributed by atoms with Gasteiger partial charge in [0.1, 0.15) is 11.5 Å². The maximum absolute atomic E-state index is 13.0. The van der Waals surface area contributed by atoms with E-state index in [0.717, 1.165) is 37.9 Å². The van der Waals surface area contributed by atoms with Crippen LogP contribution in [-0.2, 0) is 6.18 Å². The molecular formula is C24H28F3N5O2. The number of anilines is 1. The van der Waals surface area contributed by atoms with Gasteiger partial charge in [-0.3, -0.25) is 9.36 Å². The summed E-state index contributed by atoms with van der Waals surface area (Å²) in [6.45, 7) is 4.07. The van der Waals surface area contributed by atoms with E-state index in [0.29, 0.717) is 34.0 Å². The van der Waals surface area contributed by atoms with E-state index < -0.39 is 11.7 Å². The summed E-state index contributed by atoms with van der Waals surface area (Å²) in [4.78, 5) is 21.5. The fraction of sp³-hybridized carbons (Fsp3) is 0.458. The number of aromatic nitrogens is 3. The summed E-state index contributed by atoms with van der Waals surface area (Å²) >= 11 is 0. The minimum atomic E-state index is -4.47. The van der Waals surface area contributed by atoms with Crippen LogP contribution in [-0.4, -0.2) is 44.2 Å². The molecule has 0 atom stereocenters. The third-order valence-electron chi connectivity index (χ3n) is 6.12. The summed E-state index contributed by atoms with van der Waals surface area (Å²) in [7, 11) is 0. The zero-order valence-electron chi connectivity index (χ0n) is 19.1. The zero-order chi connectivity index (χ0) is 24.5. The van der Waals surface area contributed by atoms with Crippen molar-refractivity contribution < 1.29 is 23.1 Å². The minimum absolute atomic E-state index is 0.0377. The Hall–Kier alpha value is -3.14. The van der Waals surface area contributed by atoms with Crippen LogP contribution in [0.2, 0.25) is 0 Å². The molecule has 0 unspecified atom stereocenters. The van der Waals surface area contributed by atoms with Crippen LogP contribution in [0.3, 0.4) is 0 Å². The number of fused-ring (bicyclic) bond motifs is 1. The molecule has 1 aliphatic carbocycles. The van der Waals surface area contributed by atoms with Crippen molar-refractivity contribution in [3.05, 3.63) is 47.9 Å². The standard InChI is InChI=1S/C24H28F3N5O2/c1-14(2)30-20-10-21(32-8-7-16-9-17(24(25,26)27)11-29-22(16)32)28-12-19(20)23(34)31-18-5-3-15(13-33)4-6-18/h7-12,14-15,18,33H,3-6,13H2,1-2H3,(H,28,30)(H,31,34). The van der Waals surface area contributed by atoms with Gasteiger partial charge in [0, 0.05) is 48.7 Å². The van der Waals surface area contributed by atoms with E-state index in [9.17, 15) is 23.1 Å². The molecule has 7 nitrogen and oxygen atoms in total. The number of nitrogens with zero attached hydrogens (tertiary/aromatic N) is 3. The Bertz CT molecular complexity index is 1170. The second-order valence-corrected chi connectivity index (χ2v) is 9.08. The van der Waals surface area contributed by atoms with Gasteiger partial charge in [-0.2, -0.15) is 13.2 Å². The Morgan fingerprint density at radius 3 is 2.56 bits per heavy atom. The highest BCUT2D eigenvalue weighted by atomic mass is 19.4. The fourth-order valence-corrected chi connectivity index (χ4v) is 4.30. The van der Waals surface area contributed by atoms with E-state index in [1.165, 1.54) is 6.20 Å². The number of aliphatic hydroxyl groups is 1. The van der Waals surface area contributed by atoms with Crippen molar-refractivity contribution >= 4 is 22.6 Å². The molecular weight excluding hydrogens is 447 g/mol. The lowest BCUT2D eigenvalue weighted by Crippen LogP contribution is -2.38. The van der Waals surface area contributed by atoms with Gasteiger partial charge in [0.05, 0.1) is 16.8 Å². The highest BCUT2D eigenvalue weighted by Gasteiger charge is 2.31. The second-order valence-electron chi connectivity index (χ2n) is 9.08. The number of rotatable bonds is 6. The maximum atomic E-state index is 13.0. The van der Waals surface area contributed by atoms with Crippen LogP contribution < -0.4 is 10.6 Å². The zero-order valence-corrected chi connectivity index (χ0v) is 19.1. The summed E-state index contributed by atoms with van der Waals surface area (Å²) in [6, 6.07) is 4.39. The largest absolute Gasteiger partial charge is 0.417 e. The van der Waals surface area contributed by atoms with Crippen molar-refractivity contribution in [3.8, 4) is 5.82 Å². The Labute approximate surface area is 195 Å². The summed E-state index contributed by atoms with van der Waals surface area (Å²) in [5.41, 5.74) is 0.502. The monoisotopic (exact) mass is 475 g/mol. The van der Waals surface area contributed by atoms with Crippen molar-refractivity contribution in [2.24, 2.45) is 5.92 Å². The second kappa shape index (κ2) is 9.61. The third-order valence-corrected chi connectivity index (χ3v) is 6.12. The molecule has 3 N–H and O–H groups in total. The topological polar surface area (TPSA) is 92.1 Å². The minimum Gasteiger partial charge on any atom is -0.396 e. The SMILES string of the molecule is CC(C)Nc1cc(-n2ccc3cc(C(F)(F)F)cnc32)ncc1C(=O)NC1CCC(CO)CC1. The predicted molar refractivity (Wildman–Crippen MR) is 123 cm³/mol. The normalized spacial score (nSPS) is 18.9. The number of pyridine rings is 2. The van der Waals surface area contributed by atoms with Crippen molar-refractivity contribution in [1.82, 2.24) is 19.9 Å². The van der Waals surface area contributed by atoms with E-state index >= 15 is 0 Å². The van der Waals surface area contributed by atoms with E-state index in [-0.39, 0.29) is 24.6 Å². The first kappa shape index (κ1) is 24.0. The fourth-order valence-electron chi connectivity index (χ4n) is 4.30. The number of amides is 1. The van der Waals surface area contributed by atoms with Gasteiger partial charge in [0.25, 0.3) is 5.91 Å². The molecule has 1 amide bonds. The lowest BCUT2D eigenvalue weighted by atomic mass is 9.86. The number of hydrogen-bond acceptors (Lipinski definition) is 5. The quantitative estimate of drug-likeness (QED) is 0.487. The molecule has 1 fully saturated rings. The van der Waals surface area contributed by atoms with Gasteiger partial charge in [-0.1, -0.05) is 0 Å². The molecule has 0 saturated heterocycles. The number of hydrogen-bond donors (Lipinski definition) is 3. The van der Waals surface area contributed by atoms with Crippen LogP contribution in [0, 0.1) is 5.92 Å². The Morgan fingerprint density at radius 2 is 1.91 bits per heavy atom. The molecule has 0 spiro atoms. The number of halogens is 3. The molecule has 0 bridgehead atoms. The number of carbonyl (C=O) groups is 1. The van der Waals surface area contributed by atoms with Crippen LogP contribution in [0.25, 0.3) is 16.9 Å². The molecule has 3 aromatic heterocycles. The van der Waals surface area contributed by atoms with Crippen LogP contribution >= 0.6 is 0 Å². The molecule has 182 valence electrons. The smallest absolute Gasteiger partial charge is 0.396 e. The molecule has 4 rings (SSSR count). The van der Waals surface area contributed by atoms with E-state index in [1.807, 2.05) is 13.8 Å². The lowest BCUT2D eigenvalue weighted by Gasteiger charge is -2.28. The third kappa shape index (κ3) is 5.16. The number of alkyl halides is 3. The van der Waals surface area contributed by atoms with Gasteiger partial charge in [-0.15, -0.1) is 0 Å². The average Bonchev–Trinajstić information content (AvgIpc) is 3.22. The Morgan fingerprint density at radius 1 is 1.18 bits per heavy atom. The molecule has 0 aliphatic heterocycles. The van der Waals surface area contributed by atoms with Gasteiger partial charge in [0.2, 0.25) is 0 Å². The van der Waals surface area contributed by atoms with E-state index in [2.05, 4.69) is 20.6 Å². The van der Waals surface area contributed by atoms with Gasteiger partial charge in [-0.25, -0.2) is 9.97 Å². The van der Waals surface area contributed by atoms with Crippen LogP contribution in [0.15, 0.2) is 36.8 Å². The van der Waals surface area contributed by atoms with Crippen molar-refractivity contribution in [2.45, 2.75) is 57.8 Å². The predicted octanol–water partition coefficient (Wildman–Crippen LogP) is 4.54. The molecule has 3 heterocycles. The van der Waals surface area contributed by atoms with Crippen LogP contribution in [0.1, 0.15) is 55.5 Å². The highest BCUT2D eigenvalue weighted by Crippen LogP contribution is 2.31. The summed E-state index contributed by atoms with van der Waals surface area (Å²) < 4.78 is 40.7. The van der Waals surface area contributed by atoms with E-state index in [4.69, 9.17) is 0 Å². The van der Waals surface area contributed by atoms with Crippen molar-refractivity contribution in [3.63, 3.8) is 0 Å². The molecule has 0 radical (unpaired) electrons. The first-order valence-electron chi connectivity index (χ1n) is 11.4. The molecule has 34 heavy (non-hydrogen) atoms. The maximum Gasteiger partial charge on any atom is 0.417 e. The van der Waals surface area contributed by atoms with Gasteiger partial charge < -0.3 is 15.7 Å². The van der Waals surface area contributed by atoms with Crippen LogP contribution in [0.4, 0.5) is 18.9 Å². The lowest BCUT2D eigenvalue weighted by molar-refractivity contribution is -0.137. The summed E-state index contributed by atoms with van der Waals surface area (Å²) in [5, 5.41) is 16.0. The molecule has 0 aromatic carbocycles. The highest BCUT2D eigenvalue weighted by molar-refractivity contribution is 5.99. The number of carbonyl (C=O) groups excluding carboxylic acids is 1. The van der Waals surface area contributed by atoms with Gasteiger partial charge >= 0.3 is 6.18 Å². The summed E-state index contributed by atoms with van der Waals surface area (Å²) in [5.74, 6) is 0.495. The summed E-state index contributed by atoms with van der Waals surface area (Å²) in [6.07, 6.45) is 2.80. The van der Waals surface area contributed by atoms with Gasteiger partial charge in [0.15, 0.2) is 0 Å². The Balaban J connectivity index is 1.61. The van der Waals surface area contributed by atoms with Crippen molar-refractivity contribution in [1.29, 1.82) is 0 Å². The van der Waals surface area contributed by atoms with Crippen molar-refractivity contribution in [2.75, 3.05) is 11.9 Å². The first-order chi connectivity index (χ1) is 16.2. The Kier molecular flexibility index (Phi) is 6.79. The van der Waals surface area contributed by atoms with Crippen LogP contribution in [0.5, 0.6) is 0 Å². The van der Waals surface area contributed by atoms with Gasteiger partial charge in [-0.05, 0) is 57.6 Å². The molecule has 10 heteroatoms. The number of aliphatic hydroxyl groups excluding tert-OH is 1. The first-order valence-corrected chi connectivity index (χ1v) is 11.4. The average molecular weight is 476 g/mol.